The highest BCUT2D eigenvalue weighted by atomic mass is 35.5. The lowest BCUT2D eigenvalue weighted by molar-refractivity contribution is -0.115. The van der Waals surface area contributed by atoms with Crippen LogP contribution >= 0.6 is 23.8 Å². The molecule has 4 nitrogen and oxygen atoms in total. The van der Waals surface area contributed by atoms with E-state index in [-0.39, 0.29) is 23.4 Å². The monoisotopic (exact) mass is 365 g/mol. The van der Waals surface area contributed by atoms with Crippen LogP contribution in [0.25, 0.3) is 0 Å². The molecular weight excluding hydrogens is 349 g/mol. The van der Waals surface area contributed by atoms with Gasteiger partial charge in [-0.1, -0.05) is 23.7 Å². The lowest BCUT2D eigenvalue weighted by atomic mass is 10.2. The van der Waals surface area contributed by atoms with Crippen LogP contribution in [-0.4, -0.2) is 17.6 Å². The molecule has 0 heterocycles. The molecule has 0 aliphatic rings. The van der Waals surface area contributed by atoms with E-state index in [9.17, 15) is 9.18 Å². The van der Waals surface area contributed by atoms with E-state index < -0.39 is 0 Å². The fraction of sp³-hybridized carbons (Fsp3) is 0.176. The first-order valence-electron chi connectivity index (χ1n) is 7.23. The molecule has 0 saturated carbocycles. The average molecular weight is 366 g/mol. The third-order valence-electron chi connectivity index (χ3n) is 3.38. The van der Waals surface area contributed by atoms with Crippen LogP contribution < -0.4 is 16.0 Å². The van der Waals surface area contributed by atoms with Crippen LogP contribution in [0, 0.1) is 19.7 Å². The lowest BCUT2D eigenvalue weighted by Crippen LogP contribution is -2.35. The topological polar surface area (TPSA) is 53.2 Å². The zero-order valence-corrected chi connectivity index (χ0v) is 14.8. The summed E-state index contributed by atoms with van der Waals surface area (Å²) in [5, 5.41) is 9.17. The number of benzene rings is 2. The van der Waals surface area contributed by atoms with Crippen LogP contribution in [0.5, 0.6) is 0 Å². The van der Waals surface area contributed by atoms with Gasteiger partial charge in [-0.05, 0) is 61.5 Å². The number of carbonyl (C=O) groups is 1. The van der Waals surface area contributed by atoms with Crippen molar-refractivity contribution < 1.29 is 9.18 Å². The third-order valence-corrected chi connectivity index (χ3v) is 4.04. The Morgan fingerprint density at radius 1 is 1.21 bits per heavy atom. The van der Waals surface area contributed by atoms with Crippen molar-refractivity contribution in [2.45, 2.75) is 13.8 Å². The summed E-state index contributed by atoms with van der Waals surface area (Å²) in [5.74, 6) is -0.587. The number of thiocarbonyl (C=S) groups is 1. The first-order chi connectivity index (χ1) is 11.4. The number of hydrogen-bond donors (Lipinski definition) is 3. The molecule has 0 radical (unpaired) electrons. The van der Waals surface area contributed by atoms with Crippen molar-refractivity contribution in [3.8, 4) is 0 Å². The van der Waals surface area contributed by atoms with E-state index in [1.165, 1.54) is 6.07 Å². The van der Waals surface area contributed by atoms with E-state index in [0.717, 1.165) is 5.56 Å². The molecule has 2 aromatic rings. The summed E-state index contributed by atoms with van der Waals surface area (Å²) in [6, 6.07) is 9.99. The summed E-state index contributed by atoms with van der Waals surface area (Å²) in [5.41, 5.74) is 2.51. The summed E-state index contributed by atoms with van der Waals surface area (Å²) in [6.07, 6.45) is 0. The van der Waals surface area contributed by atoms with Gasteiger partial charge in [0.05, 0.1) is 6.54 Å². The first kappa shape index (κ1) is 18.2. The van der Waals surface area contributed by atoms with Gasteiger partial charge in [0.2, 0.25) is 5.91 Å². The molecule has 1 amide bonds. The van der Waals surface area contributed by atoms with Crippen molar-refractivity contribution >= 4 is 46.2 Å². The van der Waals surface area contributed by atoms with Crippen molar-refractivity contribution in [3.63, 3.8) is 0 Å². The van der Waals surface area contributed by atoms with Crippen molar-refractivity contribution in [3.05, 3.63) is 58.4 Å². The third kappa shape index (κ3) is 4.91. The number of hydrogen-bond acceptors (Lipinski definition) is 2. The number of aryl methyl sites for hydroxylation is 1. The quantitative estimate of drug-likeness (QED) is 0.716. The molecule has 0 unspecified atom stereocenters. The Morgan fingerprint density at radius 3 is 2.67 bits per heavy atom. The molecule has 0 bridgehead atoms. The van der Waals surface area contributed by atoms with Crippen LogP contribution in [0.4, 0.5) is 15.8 Å². The molecule has 0 fully saturated rings. The van der Waals surface area contributed by atoms with Gasteiger partial charge >= 0.3 is 0 Å². The van der Waals surface area contributed by atoms with Gasteiger partial charge in [-0.25, -0.2) is 4.39 Å². The zero-order chi connectivity index (χ0) is 17.7. The van der Waals surface area contributed by atoms with Gasteiger partial charge in [-0.15, -0.1) is 0 Å². The Hall–Kier alpha value is -2.18. The van der Waals surface area contributed by atoms with Crippen LogP contribution in [-0.2, 0) is 4.79 Å². The fourth-order valence-electron chi connectivity index (χ4n) is 1.94. The highest BCUT2D eigenvalue weighted by Gasteiger charge is 2.08. The van der Waals surface area contributed by atoms with Gasteiger partial charge in [-0.2, -0.15) is 0 Å². The first-order valence-corrected chi connectivity index (χ1v) is 8.01. The van der Waals surface area contributed by atoms with Crippen molar-refractivity contribution in [1.82, 2.24) is 5.32 Å². The molecule has 2 aromatic carbocycles. The number of amides is 1. The fourth-order valence-corrected chi connectivity index (χ4v) is 2.31. The smallest absolute Gasteiger partial charge is 0.243 e. The second-order valence-electron chi connectivity index (χ2n) is 5.23. The predicted octanol–water partition coefficient (Wildman–Crippen LogP) is 4.02. The van der Waals surface area contributed by atoms with Gasteiger partial charge in [0.15, 0.2) is 5.11 Å². The molecule has 0 atom stereocenters. The van der Waals surface area contributed by atoms with E-state index in [1.54, 1.807) is 37.3 Å². The van der Waals surface area contributed by atoms with E-state index in [2.05, 4.69) is 16.0 Å². The molecule has 0 aromatic heterocycles. The summed E-state index contributed by atoms with van der Waals surface area (Å²) < 4.78 is 13.5. The Balaban J connectivity index is 1.86. The molecule has 24 heavy (non-hydrogen) atoms. The Kier molecular flexibility index (Phi) is 6.11. The number of carbonyl (C=O) groups excluding carboxylic acids is 1. The van der Waals surface area contributed by atoms with Crippen LogP contribution in [0.2, 0.25) is 5.02 Å². The maximum absolute atomic E-state index is 13.5. The van der Waals surface area contributed by atoms with E-state index in [4.69, 9.17) is 23.8 Å². The van der Waals surface area contributed by atoms with Gasteiger partial charge in [-0.3, -0.25) is 4.79 Å². The normalized spacial score (nSPS) is 10.2. The predicted molar refractivity (Wildman–Crippen MR) is 100 cm³/mol. The van der Waals surface area contributed by atoms with Crippen molar-refractivity contribution in [2.75, 3.05) is 17.2 Å². The average Bonchev–Trinajstić information content (AvgIpc) is 2.53. The Labute approximate surface area is 150 Å². The Morgan fingerprint density at radius 2 is 1.96 bits per heavy atom. The highest BCUT2D eigenvalue weighted by molar-refractivity contribution is 7.80. The van der Waals surface area contributed by atoms with E-state index >= 15 is 0 Å². The maximum Gasteiger partial charge on any atom is 0.243 e. The van der Waals surface area contributed by atoms with Crippen LogP contribution in [0.3, 0.4) is 0 Å². The molecule has 126 valence electrons. The summed E-state index contributed by atoms with van der Waals surface area (Å²) >= 11 is 11.1. The molecule has 3 N–H and O–H groups in total. The summed E-state index contributed by atoms with van der Waals surface area (Å²) in [6.45, 7) is 3.48. The number of halogens is 2. The number of rotatable bonds is 4. The van der Waals surface area contributed by atoms with Gasteiger partial charge in [0.25, 0.3) is 0 Å². The highest BCUT2D eigenvalue weighted by Crippen LogP contribution is 2.22. The molecule has 0 aliphatic heterocycles. The molecule has 0 saturated heterocycles. The van der Waals surface area contributed by atoms with Crippen molar-refractivity contribution in [2.24, 2.45) is 0 Å². The molecule has 0 aliphatic carbocycles. The SMILES string of the molecule is Cc1ccc(NC(=S)NCC(=O)Nc2cccc(Cl)c2C)cc1F. The van der Waals surface area contributed by atoms with Crippen LogP contribution in [0.1, 0.15) is 11.1 Å². The minimum atomic E-state index is -0.322. The van der Waals surface area contributed by atoms with Crippen LogP contribution in [0.15, 0.2) is 36.4 Å². The summed E-state index contributed by atoms with van der Waals surface area (Å²) in [7, 11) is 0. The summed E-state index contributed by atoms with van der Waals surface area (Å²) in [4.78, 5) is 12.0. The molecule has 2 rings (SSSR count). The van der Waals surface area contributed by atoms with Gasteiger partial charge in [0.1, 0.15) is 5.82 Å². The van der Waals surface area contributed by atoms with Gasteiger partial charge in [0, 0.05) is 16.4 Å². The second kappa shape index (κ2) is 8.08. The van der Waals surface area contributed by atoms with Gasteiger partial charge < -0.3 is 16.0 Å². The largest absolute Gasteiger partial charge is 0.353 e. The van der Waals surface area contributed by atoms with E-state index in [0.29, 0.717) is 22.0 Å². The van der Waals surface area contributed by atoms with Crippen molar-refractivity contribution in [1.29, 1.82) is 0 Å². The zero-order valence-electron chi connectivity index (χ0n) is 13.2. The lowest BCUT2D eigenvalue weighted by Gasteiger charge is -2.12. The number of nitrogens with one attached hydrogen (secondary N) is 3. The molecular formula is C17H17ClFN3OS. The maximum atomic E-state index is 13.5. The second-order valence-corrected chi connectivity index (χ2v) is 6.05. The molecule has 7 heteroatoms. The minimum Gasteiger partial charge on any atom is -0.353 e. The number of anilines is 2. The Bertz CT molecular complexity index is 782. The standard InChI is InChI=1S/C17H17ClFN3OS/c1-10-6-7-12(8-14(10)19)21-17(24)20-9-16(23)22-15-5-3-4-13(18)11(15)2/h3-8H,9H2,1-2H3,(H,22,23)(H2,20,21,24). The molecule has 0 spiro atoms. The minimum absolute atomic E-state index is 0.0217. The van der Waals surface area contributed by atoms with E-state index in [1.807, 2.05) is 6.92 Å².